The molecule has 0 radical (unpaired) electrons. The van der Waals surface area contributed by atoms with E-state index in [-0.39, 0.29) is 5.97 Å². The van der Waals surface area contributed by atoms with E-state index in [1.54, 1.807) is 0 Å². The number of unbranched alkanes of at least 4 members (excludes halogenated alkanes) is 6. The minimum Gasteiger partial charge on any atom is -0.469 e. The molecular weight excluding hydrogens is 236 g/mol. The average molecular weight is 266 g/mol. The third kappa shape index (κ3) is 14.9. The molecule has 0 aromatic rings. The number of hydrogen-bond acceptors (Lipinski definition) is 2. The first-order valence-electron chi connectivity index (χ1n) is 7.68. The van der Waals surface area contributed by atoms with Gasteiger partial charge in [-0.15, -0.1) is 0 Å². The molecule has 0 amide bonds. The number of carbonyl (C=O) groups is 1. The van der Waals surface area contributed by atoms with Crippen molar-refractivity contribution in [3.8, 4) is 0 Å². The second-order valence-corrected chi connectivity index (χ2v) is 4.85. The van der Waals surface area contributed by atoms with Gasteiger partial charge in [0.1, 0.15) is 0 Å². The number of hydrogen-bond donors (Lipinski definition) is 0. The quantitative estimate of drug-likeness (QED) is 0.276. The molecule has 0 atom stereocenters. The van der Waals surface area contributed by atoms with Gasteiger partial charge in [0.15, 0.2) is 0 Å². The molecule has 0 unspecified atom stereocenters. The smallest absolute Gasteiger partial charge is 0.305 e. The summed E-state index contributed by atoms with van der Waals surface area (Å²) in [6, 6.07) is 0. The minimum atomic E-state index is -0.0937. The Morgan fingerprint density at radius 3 is 2.11 bits per heavy atom. The zero-order chi connectivity index (χ0) is 14.2. The highest BCUT2D eigenvalue weighted by Crippen LogP contribution is 2.05. The number of carbonyl (C=O) groups excluding carboxylic acids is 1. The molecule has 0 fully saturated rings. The Morgan fingerprint density at radius 1 is 0.895 bits per heavy atom. The summed E-state index contributed by atoms with van der Waals surface area (Å²) in [5.41, 5.74) is 0. The summed E-state index contributed by atoms with van der Waals surface area (Å²) in [7, 11) is 1.45. The van der Waals surface area contributed by atoms with Crippen LogP contribution in [0.15, 0.2) is 24.3 Å². The summed E-state index contributed by atoms with van der Waals surface area (Å²) in [5.74, 6) is -0.0937. The molecule has 0 aliphatic carbocycles. The second-order valence-electron chi connectivity index (χ2n) is 4.85. The topological polar surface area (TPSA) is 26.3 Å². The van der Waals surface area contributed by atoms with E-state index in [0.717, 1.165) is 32.1 Å². The van der Waals surface area contributed by atoms with Crippen molar-refractivity contribution in [3.05, 3.63) is 24.3 Å². The van der Waals surface area contributed by atoms with Crippen LogP contribution in [0.2, 0.25) is 0 Å². The van der Waals surface area contributed by atoms with Crippen LogP contribution in [0.3, 0.4) is 0 Å². The maximum Gasteiger partial charge on any atom is 0.305 e. The van der Waals surface area contributed by atoms with Gasteiger partial charge in [0.05, 0.1) is 7.11 Å². The molecule has 0 aliphatic heterocycles. The SMILES string of the molecule is CCCCC/C=C/C/C=C/CCCCCC(=O)OC. The number of ether oxygens (including phenoxy) is 1. The Kier molecular flexibility index (Phi) is 14.2. The van der Waals surface area contributed by atoms with Crippen LogP contribution >= 0.6 is 0 Å². The predicted octanol–water partition coefficient (Wildman–Crippen LogP) is 5.19. The van der Waals surface area contributed by atoms with Gasteiger partial charge in [-0.2, -0.15) is 0 Å². The van der Waals surface area contributed by atoms with Gasteiger partial charge >= 0.3 is 5.97 Å². The minimum absolute atomic E-state index is 0.0937. The fraction of sp³-hybridized carbons (Fsp3) is 0.706. The summed E-state index contributed by atoms with van der Waals surface area (Å²) in [4.78, 5) is 10.9. The molecule has 0 N–H and O–H groups in total. The molecule has 0 aliphatic rings. The van der Waals surface area contributed by atoms with Crippen LogP contribution in [0.1, 0.15) is 71.1 Å². The van der Waals surface area contributed by atoms with E-state index in [1.807, 2.05) is 0 Å². The Hall–Kier alpha value is -1.05. The maximum atomic E-state index is 10.9. The van der Waals surface area contributed by atoms with Crippen LogP contribution in [0.25, 0.3) is 0 Å². The number of methoxy groups -OCH3 is 1. The first-order valence-corrected chi connectivity index (χ1v) is 7.68. The van der Waals surface area contributed by atoms with Gasteiger partial charge in [-0.3, -0.25) is 4.79 Å². The van der Waals surface area contributed by atoms with Crippen molar-refractivity contribution < 1.29 is 9.53 Å². The molecule has 0 heterocycles. The highest BCUT2D eigenvalue weighted by atomic mass is 16.5. The lowest BCUT2D eigenvalue weighted by molar-refractivity contribution is -0.140. The van der Waals surface area contributed by atoms with Crippen molar-refractivity contribution in [1.29, 1.82) is 0 Å². The molecule has 0 aromatic heterocycles. The fourth-order valence-electron chi connectivity index (χ4n) is 1.83. The molecule has 0 rings (SSSR count). The lowest BCUT2D eigenvalue weighted by Gasteiger charge is -1.98. The van der Waals surface area contributed by atoms with E-state index < -0.39 is 0 Å². The molecule has 2 nitrogen and oxygen atoms in total. The monoisotopic (exact) mass is 266 g/mol. The summed E-state index contributed by atoms with van der Waals surface area (Å²) >= 11 is 0. The van der Waals surface area contributed by atoms with Crippen molar-refractivity contribution in [2.75, 3.05) is 7.11 Å². The van der Waals surface area contributed by atoms with Crippen molar-refractivity contribution in [3.63, 3.8) is 0 Å². The number of esters is 1. The van der Waals surface area contributed by atoms with Crippen LogP contribution in [0, 0.1) is 0 Å². The zero-order valence-electron chi connectivity index (χ0n) is 12.7. The standard InChI is InChI=1S/C17H30O2/c1-3-4-5-6-7-8-9-10-11-12-13-14-15-16-17(18)19-2/h7-8,10-11H,3-6,9,12-16H2,1-2H3/b8-7+,11-10+. The molecule has 0 aromatic carbocycles. The van der Waals surface area contributed by atoms with Gasteiger partial charge in [0, 0.05) is 6.42 Å². The largest absolute Gasteiger partial charge is 0.469 e. The van der Waals surface area contributed by atoms with Crippen molar-refractivity contribution in [2.24, 2.45) is 0 Å². The molecular formula is C17H30O2. The second kappa shape index (κ2) is 15.0. The summed E-state index contributed by atoms with van der Waals surface area (Å²) in [6.45, 7) is 2.23. The van der Waals surface area contributed by atoms with Crippen LogP contribution in [0.5, 0.6) is 0 Å². The summed E-state index contributed by atoms with van der Waals surface area (Å²) in [6.07, 6.45) is 20.1. The first-order chi connectivity index (χ1) is 9.31. The van der Waals surface area contributed by atoms with Crippen molar-refractivity contribution in [1.82, 2.24) is 0 Å². The van der Waals surface area contributed by atoms with Crippen LogP contribution in [-0.4, -0.2) is 13.1 Å². The highest BCUT2D eigenvalue weighted by molar-refractivity contribution is 5.68. The summed E-state index contributed by atoms with van der Waals surface area (Å²) < 4.78 is 4.60. The predicted molar refractivity (Wildman–Crippen MR) is 82.1 cm³/mol. The van der Waals surface area contributed by atoms with E-state index in [9.17, 15) is 4.79 Å². The van der Waals surface area contributed by atoms with E-state index in [0.29, 0.717) is 6.42 Å². The lowest BCUT2D eigenvalue weighted by atomic mass is 10.1. The molecule has 2 heteroatoms. The molecule has 0 spiro atoms. The number of rotatable bonds is 12. The highest BCUT2D eigenvalue weighted by Gasteiger charge is 1.97. The number of allylic oxidation sites excluding steroid dienone is 4. The van der Waals surface area contributed by atoms with E-state index in [4.69, 9.17) is 0 Å². The van der Waals surface area contributed by atoms with Crippen LogP contribution in [-0.2, 0) is 9.53 Å². The third-order valence-electron chi connectivity index (χ3n) is 3.06. The third-order valence-corrected chi connectivity index (χ3v) is 3.06. The van der Waals surface area contributed by atoms with E-state index in [2.05, 4.69) is 36.0 Å². The van der Waals surface area contributed by atoms with Gasteiger partial charge < -0.3 is 4.74 Å². The molecule has 0 bridgehead atoms. The van der Waals surface area contributed by atoms with Crippen LogP contribution in [0.4, 0.5) is 0 Å². The summed E-state index contributed by atoms with van der Waals surface area (Å²) in [5, 5.41) is 0. The Balaban J connectivity index is 3.23. The molecule has 0 saturated carbocycles. The average Bonchev–Trinajstić information content (AvgIpc) is 2.43. The molecule has 110 valence electrons. The maximum absolute atomic E-state index is 10.9. The first kappa shape index (κ1) is 17.9. The molecule has 19 heavy (non-hydrogen) atoms. The van der Waals surface area contributed by atoms with Crippen molar-refractivity contribution in [2.45, 2.75) is 71.1 Å². The zero-order valence-corrected chi connectivity index (χ0v) is 12.7. The lowest BCUT2D eigenvalue weighted by Crippen LogP contribution is -1.98. The van der Waals surface area contributed by atoms with Crippen molar-refractivity contribution >= 4 is 5.97 Å². The Morgan fingerprint density at radius 2 is 1.53 bits per heavy atom. The van der Waals surface area contributed by atoms with E-state index in [1.165, 1.54) is 32.8 Å². The van der Waals surface area contributed by atoms with Gasteiger partial charge in [0.25, 0.3) is 0 Å². The van der Waals surface area contributed by atoms with E-state index >= 15 is 0 Å². The van der Waals surface area contributed by atoms with Gasteiger partial charge in [0.2, 0.25) is 0 Å². The van der Waals surface area contributed by atoms with Gasteiger partial charge in [-0.1, -0.05) is 50.5 Å². The van der Waals surface area contributed by atoms with Gasteiger partial charge in [-0.05, 0) is 38.5 Å². The Bertz CT molecular complexity index is 254. The normalized spacial score (nSPS) is 11.5. The Labute approximate surface area is 118 Å². The van der Waals surface area contributed by atoms with Gasteiger partial charge in [-0.25, -0.2) is 0 Å². The van der Waals surface area contributed by atoms with Crippen LogP contribution < -0.4 is 0 Å². The fourth-order valence-corrected chi connectivity index (χ4v) is 1.83. The molecule has 0 saturated heterocycles.